The molecule has 0 bridgehead atoms. The highest BCUT2D eigenvalue weighted by molar-refractivity contribution is 5.91. The lowest BCUT2D eigenvalue weighted by molar-refractivity contribution is -0.354. The first-order valence-corrected chi connectivity index (χ1v) is 13.4. The first-order chi connectivity index (χ1) is 20.9. The van der Waals surface area contributed by atoms with Gasteiger partial charge in [0.05, 0.1) is 19.8 Å². The van der Waals surface area contributed by atoms with Gasteiger partial charge in [-0.2, -0.15) is 0 Å². The number of fused-ring (bicyclic) bond motifs is 1. The quantitative estimate of drug-likeness (QED) is 0.147. The second kappa shape index (κ2) is 12.4. The molecule has 2 aliphatic rings. The summed E-state index contributed by atoms with van der Waals surface area (Å²) in [5.41, 5.74) is -1.14. The van der Waals surface area contributed by atoms with E-state index in [9.17, 15) is 50.8 Å². The summed E-state index contributed by atoms with van der Waals surface area (Å²) in [6, 6.07) is 6.30. The smallest absolute Gasteiger partial charge is 0.239 e. The Kier molecular flexibility index (Phi) is 8.90. The molecule has 0 spiro atoms. The summed E-state index contributed by atoms with van der Waals surface area (Å²) >= 11 is 0. The largest absolute Gasteiger partial charge is 0.508 e. The fraction of sp³-hybridized carbons (Fsp3) is 0.464. The monoisotopic (exact) mass is 624 g/mol. The van der Waals surface area contributed by atoms with Crippen LogP contribution in [0.5, 0.6) is 28.7 Å². The molecule has 2 saturated heterocycles. The van der Waals surface area contributed by atoms with Gasteiger partial charge in [-0.15, -0.1) is 0 Å². The maximum Gasteiger partial charge on any atom is 0.239 e. The molecule has 9 N–H and O–H groups in total. The Morgan fingerprint density at radius 2 is 1.52 bits per heavy atom. The van der Waals surface area contributed by atoms with Crippen molar-refractivity contribution >= 4 is 11.0 Å². The van der Waals surface area contributed by atoms with E-state index >= 15 is 0 Å². The van der Waals surface area contributed by atoms with Crippen LogP contribution in [0, 0.1) is 0 Å². The summed E-state index contributed by atoms with van der Waals surface area (Å²) in [5.74, 6) is -2.85. The SMILES string of the molecule is COc1c(O)cc2oc(-c3ccc(O)cc3)c(OC3OC(CO)C(O)C(O)C3OC3OC(C)C(O)C(O)C3O)c(=O)c2c1O. The van der Waals surface area contributed by atoms with Crippen LogP contribution in [0.2, 0.25) is 0 Å². The number of rotatable bonds is 7. The summed E-state index contributed by atoms with van der Waals surface area (Å²) in [7, 11) is 1.14. The van der Waals surface area contributed by atoms with Gasteiger partial charge < -0.3 is 74.1 Å². The summed E-state index contributed by atoms with van der Waals surface area (Å²) in [6.45, 7) is 0.570. The average Bonchev–Trinajstić information content (AvgIpc) is 2.99. The second-order valence-electron chi connectivity index (χ2n) is 10.4. The summed E-state index contributed by atoms with van der Waals surface area (Å²) < 4.78 is 33.6. The van der Waals surface area contributed by atoms with Gasteiger partial charge in [0.1, 0.15) is 53.3 Å². The Labute approximate surface area is 248 Å². The zero-order chi connectivity index (χ0) is 32.0. The first kappa shape index (κ1) is 31.7. The van der Waals surface area contributed by atoms with Gasteiger partial charge in [-0.3, -0.25) is 4.79 Å². The highest BCUT2D eigenvalue weighted by Crippen LogP contribution is 2.44. The van der Waals surface area contributed by atoms with Gasteiger partial charge in [-0.05, 0) is 31.2 Å². The predicted octanol–water partition coefficient (Wildman–Crippen LogP) is -1.38. The number of aliphatic hydroxyl groups is 6. The van der Waals surface area contributed by atoms with Gasteiger partial charge in [0, 0.05) is 11.6 Å². The van der Waals surface area contributed by atoms with Crippen LogP contribution in [0.3, 0.4) is 0 Å². The van der Waals surface area contributed by atoms with E-state index in [0.29, 0.717) is 0 Å². The molecule has 16 heteroatoms. The molecule has 0 aliphatic carbocycles. The van der Waals surface area contributed by atoms with Crippen LogP contribution in [0.1, 0.15) is 6.92 Å². The number of phenols is 3. The maximum atomic E-state index is 13.9. The standard InChI is InChI=1S/C28H32O16/c1-9-16(32)20(36)22(38)27(40-9)44-26-21(37)17(33)14(8-29)42-28(26)43-25-19(35)15-13(7-12(31)24(39-2)18(15)34)41-23(25)10-3-5-11(30)6-4-10/h3-7,9,14,16-17,20-22,26-34,36-38H,8H2,1-2H3. The molecule has 0 radical (unpaired) electrons. The summed E-state index contributed by atoms with van der Waals surface area (Å²) in [4.78, 5) is 13.9. The molecule has 10 unspecified atom stereocenters. The minimum atomic E-state index is -1.89. The van der Waals surface area contributed by atoms with E-state index in [4.69, 9.17) is 28.1 Å². The third-order valence-corrected chi connectivity index (χ3v) is 7.54. The fourth-order valence-corrected chi connectivity index (χ4v) is 5.09. The zero-order valence-electron chi connectivity index (χ0n) is 23.3. The van der Waals surface area contributed by atoms with Crippen molar-refractivity contribution in [3.63, 3.8) is 0 Å². The third-order valence-electron chi connectivity index (χ3n) is 7.54. The molecule has 1 aromatic heterocycles. The summed E-state index contributed by atoms with van der Waals surface area (Å²) in [5, 5.41) is 92.5. The average molecular weight is 625 g/mol. The second-order valence-corrected chi connectivity index (χ2v) is 10.4. The molecule has 3 heterocycles. The Hall–Kier alpha value is -3.71. The van der Waals surface area contributed by atoms with Crippen molar-refractivity contribution < 1.29 is 74.1 Å². The zero-order valence-corrected chi connectivity index (χ0v) is 23.3. The van der Waals surface area contributed by atoms with E-state index in [-0.39, 0.29) is 22.7 Å². The highest BCUT2D eigenvalue weighted by Gasteiger charge is 2.51. The number of ether oxygens (including phenoxy) is 5. The Balaban J connectivity index is 1.63. The van der Waals surface area contributed by atoms with Crippen molar-refractivity contribution in [2.75, 3.05) is 13.7 Å². The normalized spacial score (nSPS) is 32.5. The molecular formula is C28H32O16. The molecule has 44 heavy (non-hydrogen) atoms. The molecule has 16 nitrogen and oxygen atoms in total. The van der Waals surface area contributed by atoms with E-state index in [1.807, 2.05) is 0 Å². The van der Waals surface area contributed by atoms with Crippen molar-refractivity contribution in [2.45, 2.75) is 68.3 Å². The van der Waals surface area contributed by atoms with E-state index in [1.165, 1.54) is 31.2 Å². The summed E-state index contributed by atoms with van der Waals surface area (Å²) in [6.07, 6.45) is -16.5. The van der Waals surface area contributed by atoms with Gasteiger partial charge in [-0.1, -0.05) is 0 Å². The van der Waals surface area contributed by atoms with Crippen molar-refractivity contribution in [1.29, 1.82) is 0 Å². The minimum Gasteiger partial charge on any atom is -0.508 e. The van der Waals surface area contributed by atoms with Gasteiger partial charge in [0.15, 0.2) is 29.7 Å². The Bertz CT molecular complexity index is 1540. The van der Waals surface area contributed by atoms with Crippen LogP contribution in [0.4, 0.5) is 0 Å². The van der Waals surface area contributed by atoms with Gasteiger partial charge in [-0.25, -0.2) is 0 Å². The number of aliphatic hydroxyl groups excluding tert-OH is 6. The Morgan fingerprint density at radius 3 is 2.16 bits per heavy atom. The predicted molar refractivity (Wildman–Crippen MR) is 145 cm³/mol. The van der Waals surface area contributed by atoms with Crippen LogP contribution in [-0.4, -0.2) is 121 Å². The van der Waals surface area contributed by atoms with Crippen LogP contribution in [0.25, 0.3) is 22.3 Å². The molecule has 5 rings (SSSR count). The first-order valence-electron chi connectivity index (χ1n) is 13.4. The number of hydrogen-bond acceptors (Lipinski definition) is 16. The Morgan fingerprint density at radius 1 is 0.841 bits per heavy atom. The van der Waals surface area contributed by atoms with Crippen molar-refractivity contribution in [3.8, 4) is 40.1 Å². The number of hydrogen-bond donors (Lipinski definition) is 9. The third kappa shape index (κ3) is 5.51. The maximum absolute atomic E-state index is 13.9. The van der Waals surface area contributed by atoms with Crippen LogP contribution >= 0.6 is 0 Å². The molecule has 2 fully saturated rings. The highest BCUT2D eigenvalue weighted by atomic mass is 16.8. The molecule has 2 aromatic carbocycles. The van der Waals surface area contributed by atoms with Crippen molar-refractivity contribution in [3.05, 3.63) is 40.6 Å². The van der Waals surface area contributed by atoms with Gasteiger partial charge in [0.2, 0.25) is 23.2 Å². The number of phenolic OH excluding ortho intramolecular Hbond substituents is 3. The fourth-order valence-electron chi connectivity index (χ4n) is 5.09. The van der Waals surface area contributed by atoms with E-state index in [2.05, 4.69) is 0 Å². The van der Waals surface area contributed by atoms with E-state index in [1.54, 1.807) is 0 Å². The van der Waals surface area contributed by atoms with Crippen LogP contribution in [-0.2, 0) is 14.2 Å². The van der Waals surface area contributed by atoms with Crippen LogP contribution in [0.15, 0.2) is 39.5 Å². The van der Waals surface area contributed by atoms with Gasteiger partial charge in [0.25, 0.3) is 0 Å². The number of methoxy groups -OCH3 is 1. The molecule has 3 aromatic rings. The molecule has 0 saturated carbocycles. The molecule has 0 amide bonds. The lowest BCUT2D eigenvalue weighted by Crippen LogP contribution is -2.64. The lowest BCUT2D eigenvalue weighted by atomic mass is 9.97. The van der Waals surface area contributed by atoms with Gasteiger partial charge >= 0.3 is 0 Å². The van der Waals surface area contributed by atoms with Crippen molar-refractivity contribution in [2.24, 2.45) is 0 Å². The molecule has 2 aliphatic heterocycles. The van der Waals surface area contributed by atoms with E-state index in [0.717, 1.165) is 13.2 Å². The number of aromatic hydroxyl groups is 3. The molecular weight excluding hydrogens is 592 g/mol. The molecule has 240 valence electrons. The van der Waals surface area contributed by atoms with Crippen molar-refractivity contribution in [1.82, 2.24) is 0 Å². The lowest BCUT2D eigenvalue weighted by Gasteiger charge is -2.45. The minimum absolute atomic E-state index is 0.126. The van der Waals surface area contributed by atoms with E-state index < -0.39 is 102 Å². The number of benzene rings is 2. The van der Waals surface area contributed by atoms with Crippen LogP contribution < -0.4 is 14.9 Å². The topological polar surface area (TPSA) is 258 Å². The molecule has 10 atom stereocenters.